The van der Waals surface area contributed by atoms with Gasteiger partial charge in [0, 0.05) is 31.6 Å². The molecule has 0 spiro atoms. The van der Waals surface area contributed by atoms with E-state index in [0.717, 1.165) is 32.1 Å². The zero-order valence-electron chi connectivity index (χ0n) is 11.6. The summed E-state index contributed by atoms with van der Waals surface area (Å²) in [7, 11) is -1.68. The first-order valence-electron chi connectivity index (χ1n) is 6.79. The maximum absolute atomic E-state index is 12.6. The molecule has 0 aromatic rings. The van der Waals surface area contributed by atoms with Crippen LogP contribution in [-0.2, 0) is 10.2 Å². The van der Waals surface area contributed by atoms with Gasteiger partial charge >= 0.3 is 0 Å². The van der Waals surface area contributed by atoms with Crippen LogP contribution in [0.3, 0.4) is 0 Å². The number of hydrogen-bond donors (Lipinski definition) is 0. The van der Waals surface area contributed by atoms with Gasteiger partial charge in [-0.15, -0.1) is 11.6 Å². The second-order valence-corrected chi connectivity index (χ2v) is 7.16. The quantitative estimate of drug-likeness (QED) is 0.707. The fourth-order valence-electron chi connectivity index (χ4n) is 2.59. The van der Waals surface area contributed by atoms with Gasteiger partial charge in [-0.1, -0.05) is 20.3 Å². The number of rotatable bonds is 6. The van der Waals surface area contributed by atoms with Crippen molar-refractivity contribution in [3.63, 3.8) is 0 Å². The van der Waals surface area contributed by atoms with Crippen molar-refractivity contribution < 1.29 is 8.42 Å². The monoisotopic (exact) mass is 296 g/mol. The molecule has 108 valence electrons. The minimum Gasteiger partial charge on any atom is -0.195 e. The van der Waals surface area contributed by atoms with Gasteiger partial charge < -0.3 is 0 Å². The first-order chi connectivity index (χ1) is 8.48. The highest BCUT2D eigenvalue weighted by molar-refractivity contribution is 7.86. The van der Waals surface area contributed by atoms with Gasteiger partial charge in [-0.2, -0.15) is 17.0 Å². The second kappa shape index (κ2) is 7.08. The van der Waals surface area contributed by atoms with Crippen LogP contribution in [0.1, 0.15) is 46.0 Å². The number of nitrogens with zero attached hydrogens (tertiary/aromatic N) is 2. The van der Waals surface area contributed by atoms with Crippen LogP contribution >= 0.6 is 11.6 Å². The Balaban J connectivity index is 2.89. The molecule has 0 aromatic heterocycles. The molecule has 0 bridgehead atoms. The molecule has 1 unspecified atom stereocenters. The lowest BCUT2D eigenvalue weighted by atomic mass is 10.1. The molecule has 1 saturated heterocycles. The fraction of sp³-hybridized carbons (Fsp3) is 1.00. The lowest BCUT2D eigenvalue weighted by molar-refractivity contribution is 0.237. The minimum absolute atomic E-state index is 0.0396. The Labute approximate surface area is 116 Å². The van der Waals surface area contributed by atoms with Crippen molar-refractivity contribution >= 4 is 21.8 Å². The van der Waals surface area contributed by atoms with E-state index in [1.165, 1.54) is 4.31 Å². The van der Waals surface area contributed by atoms with Crippen molar-refractivity contribution in [2.24, 2.45) is 0 Å². The third-order valence-corrected chi connectivity index (χ3v) is 6.32. The van der Waals surface area contributed by atoms with Gasteiger partial charge in [0.2, 0.25) is 0 Å². The first kappa shape index (κ1) is 16.2. The third kappa shape index (κ3) is 3.38. The number of piperidine rings is 1. The van der Waals surface area contributed by atoms with Gasteiger partial charge in [0.25, 0.3) is 10.2 Å². The molecule has 0 amide bonds. The normalized spacial score (nSPS) is 22.9. The Hall–Kier alpha value is 0.160. The summed E-state index contributed by atoms with van der Waals surface area (Å²) in [6.07, 6.45) is 4.55. The van der Waals surface area contributed by atoms with E-state index >= 15 is 0 Å². The van der Waals surface area contributed by atoms with Crippen LogP contribution in [0.4, 0.5) is 0 Å². The van der Waals surface area contributed by atoms with Crippen molar-refractivity contribution in [1.82, 2.24) is 8.61 Å². The molecule has 1 heterocycles. The Morgan fingerprint density at radius 1 is 1.33 bits per heavy atom. The van der Waals surface area contributed by atoms with E-state index in [9.17, 15) is 8.42 Å². The molecular weight excluding hydrogens is 272 g/mol. The van der Waals surface area contributed by atoms with Gasteiger partial charge in [-0.3, -0.25) is 0 Å². The van der Waals surface area contributed by atoms with Crippen LogP contribution in [0.5, 0.6) is 0 Å². The first-order valence-corrected chi connectivity index (χ1v) is 8.72. The van der Waals surface area contributed by atoms with Crippen molar-refractivity contribution in [2.75, 3.05) is 19.5 Å². The highest BCUT2D eigenvalue weighted by Gasteiger charge is 2.36. The maximum atomic E-state index is 12.6. The summed E-state index contributed by atoms with van der Waals surface area (Å²) in [5, 5.41) is 0. The molecule has 0 radical (unpaired) electrons. The van der Waals surface area contributed by atoms with E-state index in [4.69, 9.17) is 11.6 Å². The molecular formula is C12H25ClN2O2S. The Morgan fingerprint density at radius 3 is 2.44 bits per heavy atom. The summed E-state index contributed by atoms with van der Waals surface area (Å²) in [5.74, 6) is 0.385. The fourth-order valence-corrected chi connectivity index (χ4v) is 4.91. The largest absolute Gasteiger partial charge is 0.282 e. The van der Waals surface area contributed by atoms with Crippen LogP contribution in [0.2, 0.25) is 0 Å². The van der Waals surface area contributed by atoms with E-state index in [1.807, 2.05) is 13.8 Å². The lowest BCUT2D eigenvalue weighted by Crippen LogP contribution is -2.52. The third-order valence-electron chi connectivity index (χ3n) is 3.87. The minimum atomic E-state index is -3.36. The van der Waals surface area contributed by atoms with Crippen LogP contribution in [0.25, 0.3) is 0 Å². The molecule has 18 heavy (non-hydrogen) atoms. The molecule has 1 atom stereocenters. The van der Waals surface area contributed by atoms with Crippen molar-refractivity contribution in [2.45, 2.75) is 58.0 Å². The van der Waals surface area contributed by atoms with Gasteiger partial charge in [0.1, 0.15) is 0 Å². The molecule has 6 heteroatoms. The average molecular weight is 297 g/mol. The SMILES string of the molecule is CCC(CC)N(C)S(=O)(=O)N1CCCCC1CCl. The maximum Gasteiger partial charge on any atom is 0.282 e. The molecule has 1 aliphatic heterocycles. The second-order valence-electron chi connectivity index (χ2n) is 4.91. The predicted octanol–water partition coefficient (Wildman–Crippen LogP) is 2.44. The van der Waals surface area contributed by atoms with Gasteiger partial charge in [0.15, 0.2) is 0 Å². The van der Waals surface area contributed by atoms with Gasteiger partial charge in [-0.05, 0) is 25.7 Å². The molecule has 0 N–H and O–H groups in total. The number of hydrogen-bond acceptors (Lipinski definition) is 2. The van der Waals surface area contributed by atoms with Crippen molar-refractivity contribution in [3.8, 4) is 0 Å². The molecule has 0 aromatic carbocycles. The highest BCUT2D eigenvalue weighted by Crippen LogP contribution is 2.24. The van der Waals surface area contributed by atoms with Crippen LogP contribution in [0.15, 0.2) is 0 Å². The van der Waals surface area contributed by atoms with E-state index in [-0.39, 0.29) is 12.1 Å². The Morgan fingerprint density at radius 2 is 1.94 bits per heavy atom. The predicted molar refractivity (Wildman–Crippen MR) is 76.1 cm³/mol. The summed E-state index contributed by atoms with van der Waals surface area (Å²) in [4.78, 5) is 0. The lowest BCUT2D eigenvalue weighted by Gasteiger charge is -2.38. The van der Waals surface area contributed by atoms with Crippen LogP contribution in [-0.4, -0.2) is 48.6 Å². The summed E-state index contributed by atoms with van der Waals surface area (Å²) < 4.78 is 28.3. The number of halogens is 1. The van der Waals surface area contributed by atoms with Crippen molar-refractivity contribution in [1.29, 1.82) is 0 Å². The van der Waals surface area contributed by atoms with E-state index in [2.05, 4.69) is 0 Å². The molecule has 1 fully saturated rings. The van der Waals surface area contributed by atoms with Crippen molar-refractivity contribution in [3.05, 3.63) is 0 Å². The highest BCUT2D eigenvalue weighted by atomic mass is 35.5. The number of alkyl halides is 1. The molecule has 0 aliphatic carbocycles. The molecule has 1 aliphatic rings. The molecule has 1 rings (SSSR count). The van der Waals surface area contributed by atoms with E-state index in [0.29, 0.717) is 12.4 Å². The summed E-state index contributed by atoms with van der Waals surface area (Å²) in [6.45, 7) is 4.65. The smallest absolute Gasteiger partial charge is 0.195 e. The topological polar surface area (TPSA) is 40.6 Å². The average Bonchev–Trinajstić information content (AvgIpc) is 2.39. The zero-order valence-corrected chi connectivity index (χ0v) is 13.2. The van der Waals surface area contributed by atoms with Crippen LogP contribution in [0, 0.1) is 0 Å². The van der Waals surface area contributed by atoms with Gasteiger partial charge in [0.05, 0.1) is 0 Å². The van der Waals surface area contributed by atoms with E-state index in [1.54, 1.807) is 11.4 Å². The zero-order chi connectivity index (χ0) is 13.8. The molecule has 4 nitrogen and oxygen atoms in total. The van der Waals surface area contributed by atoms with Gasteiger partial charge in [-0.25, -0.2) is 0 Å². The van der Waals surface area contributed by atoms with Crippen LogP contribution < -0.4 is 0 Å². The Kier molecular flexibility index (Phi) is 6.38. The standard InChI is InChI=1S/C12H25ClN2O2S/c1-4-11(5-2)14(3)18(16,17)15-9-7-6-8-12(15)10-13/h11-12H,4-10H2,1-3H3. The summed E-state index contributed by atoms with van der Waals surface area (Å²) >= 11 is 5.91. The summed E-state index contributed by atoms with van der Waals surface area (Å²) in [6, 6.07) is 0.0372. The Bertz CT molecular complexity index is 344. The molecule has 0 saturated carbocycles. The summed E-state index contributed by atoms with van der Waals surface area (Å²) in [5.41, 5.74) is 0. The van der Waals surface area contributed by atoms with E-state index < -0.39 is 10.2 Å².